The number of nitrogens with one attached hydrogen (secondary N) is 1. The second-order valence-electron chi connectivity index (χ2n) is 6.30. The highest BCUT2D eigenvalue weighted by Gasteiger charge is 2.20. The number of aryl methyl sites for hydroxylation is 1. The lowest BCUT2D eigenvalue weighted by atomic mass is 10.2. The molecule has 1 aromatic heterocycles. The Kier molecular flexibility index (Phi) is 5.79. The molecule has 28 heavy (non-hydrogen) atoms. The first kappa shape index (κ1) is 19.6. The maximum Gasteiger partial charge on any atom is 0.241 e. The number of carbonyl (C=O) groups excluding carboxylic acids is 1. The van der Waals surface area contributed by atoms with E-state index in [1.165, 1.54) is 19.2 Å². The highest BCUT2D eigenvalue weighted by Crippen LogP contribution is 2.18. The first-order chi connectivity index (χ1) is 13.4. The molecule has 3 aromatic rings. The maximum absolute atomic E-state index is 12.5. The zero-order valence-corrected chi connectivity index (χ0v) is 16.4. The predicted molar refractivity (Wildman–Crippen MR) is 106 cm³/mol. The zero-order chi connectivity index (χ0) is 20.1. The molecular weight excluding hydrogens is 378 g/mol. The van der Waals surface area contributed by atoms with E-state index in [2.05, 4.69) is 10.4 Å². The molecule has 0 radical (unpaired) electrons. The second-order valence-corrected chi connectivity index (χ2v) is 8.29. The van der Waals surface area contributed by atoms with Crippen LogP contribution in [0.5, 0.6) is 5.75 Å². The molecule has 0 saturated heterocycles. The van der Waals surface area contributed by atoms with Crippen LogP contribution in [0, 0.1) is 6.92 Å². The Labute approximate surface area is 163 Å². The van der Waals surface area contributed by atoms with Crippen molar-refractivity contribution in [3.05, 3.63) is 71.9 Å². The number of sulfone groups is 1. The molecule has 0 saturated carbocycles. The molecule has 1 amide bonds. The van der Waals surface area contributed by atoms with Crippen molar-refractivity contribution in [1.82, 2.24) is 9.78 Å². The Morgan fingerprint density at radius 1 is 1.11 bits per heavy atom. The van der Waals surface area contributed by atoms with E-state index in [4.69, 9.17) is 4.74 Å². The van der Waals surface area contributed by atoms with Gasteiger partial charge < -0.3 is 10.1 Å². The van der Waals surface area contributed by atoms with Crippen molar-refractivity contribution in [1.29, 1.82) is 0 Å². The van der Waals surface area contributed by atoms with Crippen LogP contribution in [0.25, 0.3) is 0 Å². The van der Waals surface area contributed by atoms with Gasteiger partial charge in [-0.05, 0) is 36.8 Å². The molecule has 3 rings (SSSR count). The van der Waals surface area contributed by atoms with E-state index in [-0.39, 0.29) is 4.90 Å². The van der Waals surface area contributed by atoms with Crippen LogP contribution in [0.4, 0.5) is 5.82 Å². The minimum Gasteiger partial charge on any atom is -0.497 e. The summed E-state index contributed by atoms with van der Waals surface area (Å²) in [5.41, 5.74) is 1.75. The molecule has 8 heteroatoms. The summed E-state index contributed by atoms with van der Waals surface area (Å²) < 4.78 is 31.6. The SMILES string of the molecule is COc1ccc(S(=O)(=O)CC(=O)Nc2cc(C)nn2Cc2ccccc2)cc1. The molecule has 0 atom stereocenters. The van der Waals surface area contributed by atoms with Gasteiger partial charge in [-0.3, -0.25) is 4.79 Å². The van der Waals surface area contributed by atoms with Gasteiger partial charge in [-0.1, -0.05) is 30.3 Å². The average Bonchev–Trinajstić information content (AvgIpc) is 3.00. The number of hydrogen-bond acceptors (Lipinski definition) is 5. The number of nitrogens with zero attached hydrogens (tertiary/aromatic N) is 2. The summed E-state index contributed by atoms with van der Waals surface area (Å²) in [6.45, 7) is 2.28. The second kappa shape index (κ2) is 8.26. The summed E-state index contributed by atoms with van der Waals surface area (Å²) in [7, 11) is -2.27. The summed E-state index contributed by atoms with van der Waals surface area (Å²) in [6.07, 6.45) is 0. The molecule has 0 fully saturated rings. The largest absolute Gasteiger partial charge is 0.497 e. The van der Waals surface area contributed by atoms with Crippen molar-refractivity contribution in [3.8, 4) is 5.75 Å². The minimum absolute atomic E-state index is 0.0671. The third kappa shape index (κ3) is 4.77. The van der Waals surface area contributed by atoms with Gasteiger partial charge in [0.1, 0.15) is 17.3 Å². The van der Waals surface area contributed by atoms with E-state index in [9.17, 15) is 13.2 Å². The Balaban J connectivity index is 1.72. The Morgan fingerprint density at radius 2 is 1.79 bits per heavy atom. The summed E-state index contributed by atoms with van der Waals surface area (Å²) >= 11 is 0. The topological polar surface area (TPSA) is 90.3 Å². The maximum atomic E-state index is 12.5. The van der Waals surface area contributed by atoms with Crippen LogP contribution in [-0.2, 0) is 21.2 Å². The van der Waals surface area contributed by atoms with E-state index >= 15 is 0 Å². The highest BCUT2D eigenvalue weighted by molar-refractivity contribution is 7.92. The van der Waals surface area contributed by atoms with Gasteiger partial charge in [-0.25, -0.2) is 13.1 Å². The molecule has 1 N–H and O–H groups in total. The monoisotopic (exact) mass is 399 g/mol. The van der Waals surface area contributed by atoms with E-state index in [0.717, 1.165) is 11.3 Å². The fourth-order valence-corrected chi connectivity index (χ4v) is 3.88. The van der Waals surface area contributed by atoms with Crippen LogP contribution in [-0.4, -0.2) is 37.0 Å². The number of rotatable bonds is 7. The number of amides is 1. The molecule has 0 unspecified atom stereocenters. The van der Waals surface area contributed by atoms with Gasteiger partial charge >= 0.3 is 0 Å². The number of anilines is 1. The fraction of sp³-hybridized carbons (Fsp3) is 0.200. The summed E-state index contributed by atoms with van der Waals surface area (Å²) in [5.74, 6) is -0.278. The summed E-state index contributed by atoms with van der Waals surface area (Å²) in [4.78, 5) is 12.4. The van der Waals surface area contributed by atoms with Crippen molar-refractivity contribution in [2.24, 2.45) is 0 Å². The quantitative estimate of drug-likeness (QED) is 0.660. The highest BCUT2D eigenvalue weighted by atomic mass is 32.2. The predicted octanol–water partition coefficient (Wildman–Crippen LogP) is 2.66. The molecule has 0 spiro atoms. The lowest BCUT2D eigenvalue weighted by Gasteiger charge is -2.10. The Hall–Kier alpha value is -3.13. The molecule has 0 aliphatic rings. The third-order valence-corrected chi connectivity index (χ3v) is 5.72. The lowest BCUT2D eigenvalue weighted by molar-refractivity contribution is -0.113. The molecule has 146 valence electrons. The molecular formula is C20H21N3O4S. The van der Waals surface area contributed by atoms with E-state index in [1.807, 2.05) is 37.3 Å². The van der Waals surface area contributed by atoms with Gasteiger partial charge in [-0.2, -0.15) is 5.10 Å². The van der Waals surface area contributed by atoms with Crippen LogP contribution in [0.2, 0.25) is 0 Å². The molecule has 7 nitrogen and oxygen atoms in total. The smallest absolute Gasteiger partial charge is 0.241 e. The van der Waals surface area contributed by atoms with Crippen molar-refractivity contribution < 1.29 is 17.9 Å². The van der Waals surface area contributed by atoms with E-state index < -0.39 is 21.5 Å². The number of benzene rings is 2. The van der Waals surface area contributed by atoms with Crippen molar-refractivity contribution in [3.63, 3.8) is 0 Å². The van der Waals surface area contributed by atoms with Gasteiger partial charge in [0.15, 0.2) is 9.84 Å². The van der Waals surface area contributed by atoms with Crippen molar-refractivity contribution in [2.75, 3.05) is 18.2 Å². The molecule has 0 aliphatic heterocycles. The van der Waals surface area contributed by atoms with Crippen LogP contribution < -0.4 is 10.1 Å². The number of ether oxygens (including phenoxy) is 1. The zero-order valence-electron chi connectivity index (χ0n) is 15.6. The van der Waals surface area contributed by atoms with Gasteiger partial charge in [0.25, 0.3) is 0 Å². The van der Waals surface area contributed by atoms with E-state index in [1.54, 1.807) is 22.9 Å². The van der Waals surface area contributed by atoms with Crippen LogP contribution >= 0.6 is 0 Å². The minimum atomic E-state index is -3.77. The first-order valence-electron chi connectivity index (χ1n) is 8.62. The van der Waals surface area contributed by atoms with Gasteiger partial charge in [0.05, 0.1) is 24.2 Å². The fourth-order valence-electron chi connectivity index (χ4n) is 2.74. The van der Waals surface area contributed by atoms with Crippen LogP contribution in [0.15, 0.2) is 65.6 Å². The summed E-state index contributed by atoms with van der Waals surface area (Å²) in [5, 5.41) is 7.03. The number of hydrogen-bond donors (Lipinski definition) is 1. The van der Waals surface area contributed by atoms with Gasteiger partial charge in [0, 0.05) is 6.07 Å². The molecule has 2 aromatic carbocycles. The Bertz CT molecular complexity index is 1060. The lowest BCUT2D eigenvalue weighted by Crippen LogP contribution is -2.24. The number of carbonyl (C=O) groups is 1. The summed E-state index contributed by atoms with van der Waals surface area (Å²) in [6, 6.07) is 17.3. The average molecular weight is 399 g/mol. The molecule has 0 bridgehead atoms. The van der Waals surface area contributed by atoms with Crippen LogP contribution in [0.3, 0.4) is 0 Å². The van der Waals surface area contributed by atoms with Crippen molar-refractivity contribution in [2.45, 2.75) is 18.4 Å². The van der Waals surface area contributed by atoms with Gasteiger partial charge in [-0.15, -0.1) is 0 Å². The third-order valence-electron chi connectivity index (χ3n) is 4.08. The van der Waals surface area contributed by atoms with Crippen LogP contribution in [0.1, 0.15) is 11.3 Å². The molecule has 0 aliphatic carbocycles. The number of aromatic nitrogens is 2. The van der Waals surface area contributed by atoms with Gasteiger partial charge in [0.2, 0.25) is 5.91 Å². The van der Waals surface area contributed by atoms with E-state index in [0.29, 0.717) is 18.1 Å². The number of methoxy groups -OCH3 is 1. The Morgan fingerprint density at radius 3 is 2.43 bits per heavy atom. The standard InChI is InChI=1S/C20H21N3O4S/c1-15-12-19(23(22-15)13-16-6-4-3-5-7-16)21-20(24)14-28(25,26)18-10-8-17(27-2)9-11-18/h3-12H,13-14H2,1-2H3,(H,21,24). The first-order valence-corrected chi connectivity index (χ1v) is 10.3. The van der Waals surface area contributed by atoms with Crippen molar-refractivity contribution >= 4 is 21.6 Å². The normalized spacial score (nSPS) is 11.2. The molecule has 1 heterocycles.